The predicted molar refractivity (Wildman–Crippen MR) is 78.4 cm³/mol. The highest BCUT2D eigenvalue weighted by molar-refractivity contribution is 5.79. The van der Waals surface area contributed by atoms with E-state index in [9.17, 15) is 9.59 Å². The molecule has 0 unspecified atom stereocenters. The van der Waals surface area contributed by atoms with Crippen LogP contribution in [0, 0.1) is 5.41 Å². The van der Waals surface area contributed by atoms with Gasteiger partial charge in [-0.25, -0.2) is 4.79 Å². The molecule has 1 N–H and O–H groups in total. The lowest BCUT2D eigenvalue weighted by molar-refractivity contribution is -0.119. The maximum Gasteiger partial charge on any atom is 0.320 e. The molecule has 2 saturated heterocycles. The van der Waals surface area contributed by atoms with Crippen LogP contribution in [0.4, 0.5) is 4.79 Å². The summed E-state index contributed by atoms with van der Waals surface area (Å²) in [4.78, 5) is 27.9. The van der Waals surface area contributed by atoms with E-state index in [0.29, 0.717) is 6.42 Å². The first-order valence-electron chi connectivity index (χ1n) is 7.69. The number of rotatable bonds is 2. The number of amides is 3. The zero-order chi connectivity index (χ0) is 14.9. The van der Waals surface area contributed by atoms with Crippen LogP contribution in [0.15, 0.2) is 0 Å². The van der Waals surface area contributed by atoms with Gasteiger partial charge in [0.1, 0.15) is 0 Å². The number of nitrogens with one attached hydrogen (secondary N) is 1. The normalized spacial score (nSPS) is 21.7. The highest BCUT2D eigenvalue weighted by atomic mass is 16.2. The zero-order valence-corrected chi connectivity index (χ0v) is 13.1. The Morgan fingerprint density at radius 3 is 2.15 bits per heavy atom. The van der Waals surface area contributed by atoms with Crippen molar-refractivity contribution in [2.24, 2.45) is 5.41 Å². The fourth-order valence-corrected chi connectivity index (χ4v) is 3.48. The maximum atomic E-state index is 12.6. The van der Waals surface area contributed by atoms with Crippen molar-refractivity contribution in [1.82, 2.24) is 15.1 Å². The van der Waals surface area contributed by atoms with Crippen molar-refractivity contribution < 1.29 is 9.59 Å². The van der Waals surface area contributed by atoms with Gasteiger partial charge in [-0.15, -0.1) is 0 Å². The van der Waals surface area contributed by atoms with E-state index in [4.69, 9.17) is 0 Å². The first-order chi connectivity index (χ1) is 9.34. The Balaban J connectivity index is 1.96. The number of carbonyl (C=O) groups is 2. The number of likely N-dealkylation sites (tertiary alicyclic amines) is 1. The van der Waals surface area contributed by atoms with Crippen LogP contribution in [0.25, 0.3) is 0 Å². The smallest absolute Gasteiger partial charge is 0.320 e. The van der Waals surface area contributed by atoms with E-state index in [0.717, 1.165) is 32.5 Å². The van der Waals surface area contributed by atoms with Crippen molar-refractivity contribution >= 4 is 11.9 Å². The molecule has 0 bridgehead atoms. The zero-order valence-electron chi connectivity index (χ0n) is 13.1. The fraction of sp³-hybridized carbons (Fsp3) is 0.867. The molecule has 1 spiro atoms. The maximum absolute atomic E-state index is 12.6. The SMILES string of the molecule is CC(C)N(C(=O)N1CCC2(CC1)CNC(=O)C2)C(C)C. The van der Waals surface area contributed by atoms with Crippen molar-refractivity contribution in [3.05, 3.63) is 0 Å². The molecule has 0 aliphatic carbocycles. The molecule has 0 aromatic rings. The highest BCUT2D eigenvalue weighted by Crippen LogP contribution is 2.37. The van der Waals surface area contributed by atoms with Gasteiger partial charge in [0.15, 0.2) is 0 Å². The number of nitrogens with zero attached hydrogens (tertiary/aromatic N) is 2. The third-order valence-corrected chi connectivity index (χ3v) is 4.62. The molecule has 0 aromatic heterocycles. The molecule has 2 aliphatic heterocycles. The quantitative estimate of drug-likeness (QED) is 0.839. The molecule has 0 saturated carbocycles. The van der Waals surface area contributed by atoms with E-state index in [-0.39, 0.29) is 29.4 Å². The first kappa shape index (κ1) is 15.1. The van der Waals surface area contributed by atoms with Gasteiger partial charge in [-0.1, -0.05) is 0 Å². The molecule has 5 heteroatoms. The predicted octanol–water partition coefficient (Wildman–Crippen LogP) is 1.83. The lowest BCUT2D eigenvalue weighted by Crippen LogP contribution is -2.53. The van der Waals surface area contributed by atoms with E-state index in [1.807, 2.05) is 9.80 Å². The minimum atomic E-state index is 0.106. The summed E-state index contributed by atoms with van der Waals surface area (Å²) in [6.07, 6.45) is 2.50. The molecular formula is C15H27N3O2. The van der Waals surface area contributed by atoms with E-state index in [1.165, 1.54) is 0 Å². The molecule has 0 atom stereocenters. The number of hydrogen-bond donors (Lipinski definition) is 1. The van der Waals surface area contributed by atoms with Gasteiger partial charge in [-0.05, 0) is 46.0 Å². The molecule has 3 amide bonds. The molecule has 0 radical (unpaired) electrons. The molecule has 2 fully saturated rings. The van der Waals surface area contributed by atoms with Crippen LogP contribution >= 0.6 is 0 Å². The first-order valence-corrected chi connectivity index (χ1v) is 7.69. The van der Waals surface area contributed by atoms with E-state index in [1.54, 1.807) is 0 Å². The van der Waals surface area contributed by atoms with Gasteiger partial charge in [0, 0.05) is 38.1 Å². The van der Waals surface area contributed by atoms with Crippen LogP contribution < -0.4 is 5.32 Å². The Morgan fingerprint density at radius 2 is 1.75 bits per heavy atom. The van der Waals surface area contributed by atoms with E-state index in [2.05, 4.69) is 33.0 Å². The second kappa shape index (κ2) is 5.62. The highest BCUT2D eigenvalue weighted by Gasteiger charge is 2.42. The van der Waals surface area contributed by atoms with Gasteiger partial charge < -0.3 is 15.1 Å². The topological polar surface area (TPSA) is 52.7 Å². The van der Waals surface area contributed by atoms with E-state index >= 15 is 0 Å². The van der Waals surface area contributed by atoms with Crippen molar-refractivity contribution in [3.8, 4) is 0 Å². The minimum Gasteiger partial charge on any atom is -0.356 e. The summed E-state index contributed by atoms with van der Waals surface area (Å²) in [5.74, 6) is 0.163. The van der Waals surface area contributed by atoms with Gasteiger partial charge in [0.25, 0.3) is 0 Å². The second-order valence-corrected chi connectivity index (χ2v) is 6.82. The van der Waals surface area contributed by atoms with Crippen LogP contribution in [0.2, 0.25) is 0 Å². The van der Waals surface area contributed by atoms with Gasteiger partial charge in [0.2, 0.25) is 5.91 Å². The molecule has 20 heavy (non-hydrogen) atoms. The molecule has 5 nitrogen and oxygen atoms in total. The average Bonchev–Trinajstić information content (AvgIpc) is 2.70. The summed E-state index contributed by atoms with van der Waals surface area (Å²) in [6.45, 7) is 10.6. The Kier molecular flexibility index (Phi) is 4.25. The van der Waals surface area contributed by atoms with Crippen LogP contribution in [0.1, 0.15) is 47.0 Å². The fourth-order valence-electron chi connectivity index (χ4n) is 3.48. The van der Waals surface area contributed by atoms with Gasteiger partial charge >= 0.3 is 6.03 Å². The molecular weight excluding hydrogens is 254 g/mol. The van der Waals surface area contributed by atoms with Gasteiger partial charge in [-0.2, -0.15) is 0 Å². The Morgan fingerprint density at radius 1 is 1.20 bits per heavy atom. The van der Waals surface area contributed by atoms with E-state index < -0.39 is 0 Å². The number of carbonyl (C=O) groups excluding carboxylic acids is 2. The van der Waals surface area contributed by atoms with Gasteiger partial charge in [0.05, 0.1) is 0 Å². The summed E-state index contributed by atoms with van der Waals surface area (Å²) in [5.41, 5.74) is 0.106. The van der Waals surface area contributed by atoms with Crippen molar-refractivity contribution in [2.45, 2.75) is 59.0 Å². The average molecular weight is 281 g/mol. The Bertz CT molecular complexity index is 377. The largest absolute Gasteiger partial charge is 0.356 e. The van der Waals surface area contributed by atoms with Crippen LogP contribution in [-0.4, -0.2) is 53.5 Å². The number of piperidine rings is 1. The Hall–Kier alpha value is -1.26. The number of urea groups is 1. The minimum absolute atomic E-state index is 0.106. The third kappa shape index (κ3) is 2.91. The second-order valence-electron chi connectivity index (χ2n) is 6.82. The Labute approximate surface area is 121 Å². The summed E-state index contributed by atoms with van der Waals surface area (Å²) >= 11 is 0. The lowest BCUT2D eigenvalue weighted by atomic mass is 9.78. The third-order valence-electron chi connectivity index (χ3n) is 4.62. The standard InChI is InChI=1S/C15H27N3O2/c1-11(2)18(12(3)4)14(20)17-7-5-15(6-8-17)9-13(19)16-10-15/h11-12H,5-10H2,1-4H3,(H,16,19). The monoisotopic (exact) mass is 281 g/mol. The lowest BCUT2D eigenvalue weighted by Gasteiger charge is -2.42. The van der Waals surface area contributed by atoms with Crippen molar-refractivity contribution in [2.75, 3.05) is 19.6 Å². The molecule has 0 aromatic carbocycles. The summed E-state index contributed by atoms with van der Waals surface area (Å²) in [7, 11) is 0. The van der Waals surface area contributed by atoms with Crippen LogP contribution in [0.5, 0.6) is 0 Å². The number of hydrogen-bond acceptors (Lipinski definition) is 2. The van der Waals surface area contributed by atoms with Crippen molar-refractivity contribution in [3.63, 3.8) is 0 Å². The van der Waals surface area contributed by atoms with Gasteiger partial charge in [-0.3, -0.25) is 4.79 Å². The molecule has 2 rings (SSSR count). The van der Waals surface area contributed by atoms with Crippen LogP contribution in [0.3, 0.4) is 0 Å². The molecule has 2 aliphatic rings. The molecule has 114 valence electrons. The van der Waals surface area contributed by atoms with Crippen molar-refractivity contribution in [1.29, 1.82) is 0 Å². The summed E-state index contributed by atoms with van der Waals surface area (Å²) in [5, 5.41) is 2.93. The summed E-state index contributed by atoms with van der Waals surface area (Å²) < 4.78 is 0. The summed E-state index contributed by atoms with van der Waals surface area (Å²) in [6, 6.07) is 0.573. The van der Waals surface area contributed by atoms with Crippen LogP contribution in [-0.2, 0) is 4.79 Å². The molecule has 2 heterocycles.